The minimum absolute atomic E-state index is 0.100. The number of piperidine rings is 1. The van der Waals surface area contributed by atoms with Crippen LogP contribution in [0.15, 0.2) is 0 Å². The summed E-state index contributed by atoms with van der Waals surface area (Å²) in [5.74, 6) is -0.607. The molecule has 2 heterocycles. The van der Waals surface area contributed by atoms with Crippen molar-refractivity contribution in [3.8, 4) is 0 Å². The van der Waals surface area contributed by atoms with Crippen LogP contribution in [0.4, 0.5) is 0 Å². The molecule has 1 saturated carbocycles. The molecule has 6 nitrogen and oxygen atoms in total. The van der Waals surface area contributed by atoms with Gasteiger partial charge in [0, 0.05) is 19.1 Å². The third-order valence-electron chi connectivity index (χ3n) is 5.47. The van der Waals surface area contributed by atoms with Gasteiger partial charge in [0.1, 0.15) is 6.04 Å². The smallest absolute Gasteiger partial charge is 0.320 e. The Morgan fingerprint density at radius 1 is 1.05 bits per heavy atom. The SMILES string of the molecule is NC1(C(=O)N2CCC(N3CCCC3C(=O)O)CC2)CCC1. The lowest BCUT2D eigenvalue weighted by atomic mass is 9.76. The molecule has 3 N–H and O–H groups in total. The first-order valence-electron chi connectivity index (χ1n) is 8.08. The van der Waals surface area contributed by atoms with Gasteiger partial charge in [-0.15, -0.1) is 0 Å². The standard InChI is InChI=1S/C15H25N3O3/c16-15(6-2-7-15)14(21)17-9-4-11(5-10-17)18-8-1-3-12(18)13(19)20/h11-12H,1-10,16H2,(H,19,20). The van der Waals surface area contributed by atoms with E-state index in [1.54, 1.807) is 0 Å². The minimum Gasteiger partial charge on any atom is -0.480 e. The second-order valence-electron chi connectivity index (χ2n) is 6.77. The summed E-state index contributed by atoms with van der Waals surface area (Å²) in [7, 11) is 0. The maximum absolute atomic E-state index is 12.4. The van der Waals surface area contributed by atoms with Crippen molar-refractivity contribution in [3.63, 3.8) is 0 Å². The molecule has 118 valence electrons. The van der Waals surface area contributed by atoms with E-state index in [9.17, 15) is 14.7 Å². The Labute approximate surface area is 125 Å². The lowest BCUT2D eigenvalue weighted by Gasteiger charge is -2.44. The Hall–Kier alpha value is -1.14. The van der Waals surface area contributed by atoms with Gasteiger partial charge in [0.05, 0.1) is 5.54 Å². The molecule has 6 heteroatoms. The summed E-state index contributed by atoms with van der Waals surface area (Å²) >= 11 is 0. The summed E-state index contributed by atoms with van der Waals surface area (Å²) in [6, 6.07) is -0.0301. The zero-order valence-electron chi connectivity index (χ0n) is 12.5. The lowest BCUT2D eigenvalue weighted by molar-refractivity contribution is -0.145. The van der Waals surface area contributed by atoms with Crippen molar-refractivity contribution in [2.45, 2.75) is 62.6 Å². The number of likely N-dealkylation sites (tertiary alicyclic amines) is 2. The van der Waals surface area contributed by atoms with Crippen molar-refractivity contribution in [2.24, 2.45) is 5.73 Å². The molecule has 3 fully saturated rings. The van der Waals surface area contributed by atoms with Crippen LogP contribution in [0, 0.1) is 0 Å². The zero-order chi connectivity index (χ0) is 15.0. The number of amides is 1. The third kappa shape index (κ3) is 2.66. The van der Waals surface area contributed by atoms with Crippen molar-refractivity contribution in [2.75, 3.05) is 19.6 Å². The number of rotatable bonds is 3. The van der Waals surface area contributed by atoms with Crippen LogP contribution in [-0.4, -0.2) is 64.0 Å². The van der Waals surface area contributed by atoms with Crippen molar-refractivity contribution in [1.29, 1.82) is 0 Å². The van der Waals surface area contributed by atoms with Crippen LogP contribution in [0.2, 0.25) is 0 Å². The second kappa shape index (κ2) is 5.57. The maximum atomic E-state index is 12.4. The topological polar surface area (TPSA) is 86.9 Å². The molecule has 21 heavy (non-hydrogen) atoms. The third-order valence-corrected chi connectivity index (χ3v) is 5.47. The first-order valence-corrected chi connectivity index (χ1v) is 8.08. The van der Waals surface area contributed by atoms with Gasteiger partial charge in [0.15, 0.2) is 0 Å². The van der Waals surface area contributed by atoms with Crippen LogP contribution < -0.4 is 5.73 Å². The van der Waals surface area contributed by atoms with Gasteiger partial charge in [-0.25, -0.2) is 0 Å². The molecule has 0 spiro atoms. The predicted molar refractivity (Wildman–Crippen MR) is 77.7 cm³/mol. The molecule has 0 radical (unpaired) electrons. The van der Waals surface area contributed by atoms with Gasteiger partial charge in [0.25, 0.3) is 0 Å². The number of nitrogens with two attached hydrogens (primary N) is 1. The second-order valence-corrected chi connectivity index (χ2v) is 6.77. The summed E-state index contributed by atoms with van der Waals surface area (Å²) < 4.78 is 0. The fourth-order valence-electron chi connectivity index (χ4n) is 3.98. The largest absolute Gasteiger partial charge is 0.480 e. The summed E-state index contributed by atoms with van der Waals surface area (Å²) in [4.78, 5) is 27.7. The number of hydrogen-bond donors (Lipinski definition) is 2. The molecule has 2 aliphatic heterocycles. The molecule has 2 saturated heterocycles. The molecule has 1 unspecified atom stereocenters. The number of carboxylic acid groups (broad SMARTS) is 1. The Balaban J connectivity index is 1.55. The summed E-state index contributed by atoms with van der Waals surface area (Å²) in [5.41, 5.74) is 5.51. The minimum atomic E-state index is -0.707. The monoisotopic (exact) mass is 295 g/mol. The highest BCUT2D eigenvalue weighted by atomic mass is 16.4. The average Bonchev–Trinajstić information content (AvgIpc) is 2.94. The predicted octanol–water partition coefficient (Wildman–Crippen LogP) is 0.408. The van der Waals surface area contributed by atoms with Crippen molar-refractivity contribution < 1.29 is 14.7 Å². The summed E-state index contributed by atoms with van der Waals surface area (Å²) in [6.45, 7) is 2.30. The number of carbonyl (C=O) groups is 2. The van der Waals surface area contributed by atoms with Crippen LogP contribution in [0.1, 0.15) is 44.9 Å². The maximum Gasteiger partial charge on any atom is 0.320 e. The van der Waals surface area contributed by atoms with E-state index in [1.165, 1.54) is 0 Å². The number of nitrogens with zero attached hydrogens (tertiary/aromatic N) is 2. The Kier molecular flexibility index (Phi) is 3.92. The van der Waals surface area contributed by atoms with Gasteiger partial charge in [-0.1, -0.05) is 0 Å². The van der Waals surface area contributed by atoms with E-state index >= 15 is 0 Å². The first-order chi connectivity index (χ1) is 10.0. The molecular formula is C15H25N3O3. The normalized spacial score (nSPS) is 30.1. The van der Waals surface area contributed by atoms with Crippen LogP contribution in [0.5, 0.6) is 0 Å². The van der Waals surface area contributed by atoms with E-state index in [2.05, 4.69) is 4.90 Å². The number of carboxylic acids is 1. The molecule has 0 aromatic heterocycles. The first kappa shape index (κ1) is 14.8. The van der Waals surface area contributed by atoms with Gasteiger partial charge in [-0.2, -0.15) is 0 Å². The molecular weight excluding hydrogens is 270 g/mol. The van der Waals surface area contributed by atoms with E-state index in [-0.39, 0.29) is 11.9 Å². The van der Waals surface area contributed by atoms with Gasteiger partial charge < -0.3 is 15.7 Å². The highest BCUT2D eigenvalue weighted by Gasteiger charge is 2.44. The van der Waals surface area contributed by atoms with E-state index in [0.29, 0.717) is 19.1 Å². The van der Waals surface area contributed by atoms with Crippen molar-refractivity contribution >= 4 is 11.9 Å². The Morgan fingerprint density at radius 2 is 1.71 bits per heavy atom. The molecule has 1 atom stereocenters. The highest BCUT2D eigenvalue weighted by Crippen LogP contribution is 2.33. The van der Waals surface area contributed by atoms with Crippen LogP contribution in [0.25, 0.3) is 0 Å². The molecule has 3 aliphatic rings. The molecule has 0 aromatic rings. The van der Waals surface area contributed by atoms with E-state index in [0.717, 1.165) is 51.5 Å². The number of carbonyl (C=O) groups excluding carboxylic acids is 1. The van der Waals surface area contributed by atoms with Crippen molar-refractivity contribution in [1.82, 2.24) is 9.80 Å². The average molecular weight is 295 g/mol. The zero-order valence-corrected chi connectivity index (χ0v) is 12.5. The number of aliphatic carboxylic acids is 1. The van der Waals surface area contributed by atoms with E-state index in [4.69, 9.17) is 5.73 Å². The lowest BCUT2D eigenvalue weighted by Crippen LogP contribution is -2.61. The van der Waals surface area contributed by atoms with Gasteiger partial charge in [0.2, 0.25) is 5.91 Å². The van der Waals surface area contributed by atoms with Crippen LogP contribution in [0.3, 0.4) is 0 Å². The van der Waals surface area contributed by atoms with E-state index in [1.807, 2.05) is 4.90 Å². The molecule has 0 aromatic carbocycles. The van der Waals surface area contributed by atoms with Gasteiger partial charge in [-0.05, 0) is 51.5 Å². The molecule has 1 amide bonds. The van der Waals surface area contributed by atoms with E-state index < -0.39 is 11.5 Å². The van der Waals surface area contributed by atoms with Crippen LogP contribution in [-0.2, 0) is 9.59 Å². The molecule has 1 aliphatic carbocycles. The quantitative estimate of drug-likeness (QED) is 0.787. The van der Waals surface area contributed by atoms with Gasteiger partial charge in [-0.3, -0.25) is 14.5 Å². The molecule has 0 bridgehead atoms. The van der Waals surface area contributed by atoms with Crippen molar-refractivity contribution in [3.05, 3.63) is 0 Å². The Bertz CT molecular complexity index is 428. The highest BCUT2D eigenvalue weighted by molar-refractivity contribution is 5.87. The van der Waals surface area contributed by atoms with Gasteiger partial charge >= 0.3 is 5.97 Å². The fourth-order valence-corrected chi connectivity index (χ4v) is 3.98. The summed E-state index contributed by atoms with van der Waals surface area (Å²) in [5, 5.41) is 9.28. The fraction of sp³-hybridized carbons (Fsp3) is 0.867. The van der Waals surface area contributed by atoms with Crippen LogP contribution >= 0.6 is 0 Å². The number of hydrogen-bond acceptors (Lipinski definition) is 4. The summed E-state index contributed by atoms with van der Waals surface area (Å²) in [6.07, 6.45) is 6.10. The molecule has 3 rings (SSSR count). The Morgan fingerprint density at radius 3 is 2.24 bits per heavy atom.